The first kappa shape index (κ1) is 14.2. The van der Waals surface area contributed by atoms with Gasteiger partial charge in [-0.1, -0.05) is 20.8 Å². The maximum atomic E-state index is 12.0. The number of carboxylic acid groups (broad SMARTS) is 1. The van der Waals surface area contributed by atoms with E-state index in [-0.39, 0.29) is 11.8 Å². The molecule has 100 valence electrons. The minimum absolute atomic E-state index is 0.173. The minimum atomic E-state index is -1.03. The highest BCUT2D eigenvalue weighted by molar-refractivity contribution is 5.97. The largest absolute Gasteiger partial charge is 0.480 e. The van der Waals surface area contributed by atoms with E-state index < -0.39 is 12.0 Å². The van der Waals surface area contributed by atoms with Crippen molar-refractivity contribution in [2.75, 3.05) is 0 Å². The van der Waals surface area contributed by atoms with Crippen LogP contribution in [0.4, 0.5) is 0 Å². The van der Waals surface area contributed by atoms with E-state index in [9.17, 15) is 9.59 Å². The summed E-state index contributed by atoms with van der Waals surface area (Å²) in [7, 11) is 1.73. The number of amides is 1. The Kier molecular flexibility index (Phi) is 4.47. The summed E-state index contributed by atoms with van der Waals surface area (Å²) in [4.78, 5) is 23.1. The van der Waals surface area contributed by atoms with Crippen LogP contribution in [0.25, 0.3) is 0 Å². The number of hydrogen-bond donors (Lipinski definition) is 2. The number of carboxylic acids is 1. The van der Waals surface area contributed by atoms with Crippen LogP contribution in [0.3, 0.4) is 0 Å². The molecule has 0 spiro atoms. The Morgan fingerprint density at radius 1 is 1.50 bits per heavy atom. The van der Waals surface area contributed by atoms with E-state index in [4.69, 9.17) is 5.11 Å². The Morgan fingerprint density at radius 3 is 2.56 bits per heavy atom. The third-order valence-electron chi connectivity index (χ3n) is 2.70. The van der Waals surface area contributed by atoms with Crippen molar-refractivity contribution in [1.82, 2.24) is 15.1 Å². The van der Waals surface area contributed by atoms with Gasteiger partial charge in [0.25, 0.3) is 5.91 Å². The summed E-state index contributed by atoms with van der Waals surface area (Å²) in [6.07, 6.45) is 2.23. The van der Waals surface area contributed by atoms with Crippen molar-refractivity contribution in [2.45, 2.75) is 33.2 Å². The van der Waals surface area contributed by atoms with Gasteiger partial charge in [0, 0.05) is 13.2 Å². The fourth-order valence-electron chi connectivity index (χ4n) is 1.72. The summed E-state index contributed by atoms with van der Waals surface area (Å²) in [5.74, 6) is -1.59. The van der Waals surface area contributed by atoms with Crippen molar-refractivity contribution in [3.63, 3.8) is 0 Å². The van der Waals surface area contributed by atoms with E-state index >= 15 is 0 Å². The Hall–Kier alpha value is -1.85. The van der Waals surface area contributed by atoms with E-state index in [1.807, 2.05) is 6.92 Å². The average Bonchev–Trinajstić information content (AvgIpc) is 2.66. The number of aromatic nitrogens is 2. The predicted octanol–water partition coefficient (Wildman–Crippen LogP) is 0.821. The second kappa shape index (κ2) is 5.66. The molecule has 0 fully saturated rings. The zero-order valence-corrected chi connectivity index (χ0v) is 11.1. The third kappa shape index (κ3) is 3.09. The van der Waals surface area contributed by atoms with E-state index in [0.717, 1.165) is 0 Å². The first-order valence-corrected chi connectivity index (χ1v) is 5.93. The molecule has 0 aliphatic rings. The second-order valence-corrected chi connectivity index (χ2v) is 4.55. The molecule has 1 unspecified atom stereocenters. The smallest absolute Gasteiger partial charge is 0.326 e. The zero-order chi connectivity index (χ0) is 13.9. The number of rotatable bonds is 5. The molecule has 1 amide bonds. The third-order valence-corrected chi connectivity index (χ3v) is 2.70. The summed E-state index contributed by atoms with van der Waals surface area (Å²) in [5.41, 5.74) is 1.11. The van der Waals surface area contributed by atoms with E-state index in [1.165, 1.54) is 0 Å². The van der Waals surface area contributed by atoms with Crippen molar-refractivity contribution < 1.29 is 14.7 Å². The van der Waals surface area contributed by atoms with E-state index in [2.05, 4.69) is 10.4 Å². The summed E-state index contributed by atoms with van der Waals surface area (Å²) in [6, 6.07) is -0.887. The molecular formula is C12H19N3O3. The highest BCUT2D eigenvalue weighted by atomic mass is 16.4. The van der Waals surface area contributed by atoms with Crippen LogP contribution >= 0.6 is 0 Å². The lowest BCUT2D eigenvalue weighted by molar-refractivity contribution is -0.140. The molecule has 2 N–H and O–H groups in total. The van der Waals surface area contributed by atoms with E-state index in [1.54, 1.807) is 31.8 Å². The number of aliphatic carboxylic acids is 1. The molecule has 18 heavy (non-hydrogen) atoms. The summed E-state index contributed by atoms with van der Waals surface area (Å²) >= 11 is 0. The number of hydrogen-bond acceptors (Lipinski definition) is 3. The highest BCUT2D eigenvalue weighted by Gasteiger charge is 2.25. The standard InChI is InChI=1S/C12H19N3O3/c1-5-9-8(6-15(4)14-9)11(16)13-10(7(2)3)12(17)18/h6-7,10H,5H2,1-4H3,(H,13,16)(H,17,18). The first-order chi connectivity index (χ1) is 8.36. The van der Waals surface area contributed by atoms with Gasteiger partial charge in [0.2, 0.25) is 0 Å². The molecule has 1 aromatic heterocycles. The Morgan fingerprint density at radius 2 is 2.11 bits per heavy atom. The molecule has 0 saturated heterocycles. The van der Waals surface area contributed by atoms with Gasteiger partial charge in [-0.05, 0) is 12.3 Å². The van der Waals surface area contributed by atoms with Crippen LogP contribution in [-0.4, -0.2) is 32.8 Å². The maximum absolute atomic E-state index is 12.0. The van der Waals surface area contributed by atoms with Crippen molar-refractivity contribution >= 4 is 11.9 Å². The molecule has 6 nitrogen and oxygen atoms in total. The lowest BCUT2D eigenvalue weighted by Crippen LogP contribution is -2.44. The second-order valence-electron chi connectivity index (χ2n) is 4.55. The van der Waals surface area contributed by atoms with Crippen LogP contribution in [0.2, 0.25) is 0 Å². The minimum Gasteiger partial charge on any atom is -0.480 e. The maximum Gasteiger partial charge on any atom is 0.326 e. The molecule has 0 aliphatic carbocycles. The highest BCUT2D eigenvalue weighted by Crippen LogP contribution is 2.09. The number of nitrogens with one attached hydrogen (secondary N) is 1. The first-order valence-electron chi connectivity index (χ1n) is 5.93. The Labute approximate surface area is 106 Å². The molecule has 6 heteroatoms. The molecule has 1 rings (SSSR count). The summed E-state index contributed by atoms with van der Waals surface area (Å²) in [5, 5.41) is 15.7. The van der Waals surface area contributed by atoms with Gasteiger partial charge in [-0.25, -0.2) is 4.79 Å². The quantitative estimate of drug-likeness (QED) is 0.813. The summed E-state index contributed by atoms with van der Waals surface area (Å²) < 4.78 is 1.55. The van der Waals surface area contributed by atoms with Crippen molar-refractivity contribution in [3.8, 4) is 0 Å². The van der Waals surface area contributed by atoms with Crippen LogP contribution in [0, 0.1) is 5.92 Å². The monoisotopic (exact) mass is 253 g/mol. The molecule has 0 aliphatic heterocycles. The molecule has 0 saturated carbocycles. The van der Waals surface area contributed by atoms with Crippen LogP contribution in [-0.2, 0) is 18.3 Å². The molecule has 0 aromatic carbocycles. The molecule has 1 aromatic rings. The van der Waals surface area contributed by atoms with Gasteiger partial charge >= 0.3 is 5.97 Å². The summed E-state index contributed by atoms with van der Waals surface area (Å²) in [6.45, 7) is 5.41. The van der Waals surface area contributed by atoms with Crippen molar-refractivity contribution in [3.05, 3.63) is 17.5 Å². The molecular weight excluding hydrogens is 234 g/mol. The van der Waals surface area contributed by atoms with Gasteiger partial charge < -0.3 is 10.4 Å². The van der Waals surface area contributed by atoms with Crippen molar-refractivity contribution in [1.29, 1.82) is 0 Å². The average molecular weight is 253 g/mol. The van der Waals surface area contributed by atoms with Gasteiger partial charge in [-0.2, -0.15) is 5.10 Å². The Bertz CT molecular complexity index is 451. The normalized spacial score (nSPS) is 12.5. The molecule has 1 heterocycles. The zero-order valence-electron chi connectivity index (χ0n) is 11.1. The van der Waals surface area contributed by atoms with E-state index in [0.29, 0.717) is 17.7 Å². The predicted molar refractivity (Wildman–Crippen MR) is 66.3 cm³/mol. The number of carbonyl (C=O) groups excluding carboxylic acids is 1. The molecule has 1 atom stereocenters. The topological polar surface area (TPSA) is 84.2 Å². The van der Waals surface area contributed by atoms with Gasteiger partial charge in [0.05, 0.1) is 11.3 Å². The number of aryl methyl sites for hydroxylation is 2. The van der Waals surface area contributed by atoms with Crippen LogP contribution in [0.15, 0.2) is 6.20 Å². The van der Waals surface area contributed by atoms with Gasteiger partial charge in [0.15, 0.2) is 0 Å². The number of nitrogens with zero attached hydrogens (tertiary/aromatic N) is 2. The molecule has 0 radical (unpaired) electrons. The van der Waals surface area contributed by atoms with Crippen LogP contribution < -0.4 is 5.32 Å². The van der Waals surface area contributed by atoms with Gasteiger partial charge in [-0.3, -0.25) is 9.48 Å². The van der Waals surface area contributed by atoms with Gasteiger partial charge in [0.1, 0.15) is 6.04 Å². The van der Waals surface area contributed by atoms with Crippen LogP contribution in [0.1, 0.15) is 36.8 Å². The van der Waals surface area contributed by atoms with Crippen LogP contribution in [0.5, 0.6) is 0 Å². The molecule has 0 bridgehead atoms. The lowest BCUT2D eigenvalue weighted by atomic mass is 10.0. The Balaban J connectivity index is 2.90. The fraction of sp³-hybridized carbons (Fsp3) is 0.583. The van der Waals surface area contributed by atoms with Crippen molar-refractivity contribution in [2.24, 2.45) is 13.0 Å². The number of carbonyl (C=O) groups is 2. The SMILES string of the molecule is CCc1nn(C)cc1C(=O)NC(C(=O)O)C(C)C. The van der Waals surface area contributed by atoms with Gasteiger partial charge in [-0.15, -0.1) is 0 Å². The lowest BCUT2D eigenvalue weighted by Gasteiger charge is -2.17. The fourth-order valence-corrected chi connectivity index (χ4v) is 1.72.